The lowest BCUT2D eigenvalue weighted by atomic mass is 10.5. The van der Waals surface area contributed by atoms with Gasteiger partial charge in [-0.05, 0) is 0 Å². The summed E-state index contributed by atoms with van der Waals surface area (Å²) >= 11 is 1.39. The van der Waals surface area contributed by atoms with Crippen molar-refractivity contribution in [2.75, 3.05) is 12.3 Å². The number of hydrogen-bond acceptors (Lipinski definition) is 4. The van der Waals surface area contributed by atoms with E-state index in [1.165, 1.54) is 23.6 Å². The Morgan fingerprint density at radius 2 is 2.23 bits per heavy atom. The lowest BCUT2D eigenvalue weighted by molar-refractivity contribution is -0.155. The molecule has 2 N–H and O–H groups in total. The second-order valence-electron chi connectivity index (χ2n) is 2.83. The van der Waals surface area contributed by atoms with E-state index in [1.54, 1.807) is 6.92 Å². The summed E-state index contributed by atoms with van der Waals surface area (Å²) in [6, 6.07) is -0.561. The number of urea groups is 1. The molecule has 6 heteroatoms. The van der Waals surface area contributed by atoms with E-state index in [9.17, 15) is 9.59 Å². The Morgan fingerprint density at radius 3 is 2.69 bits per heavy atom. The molecule has 5 nitrogen and oxygen atoms in total. The van der Waals surface area contributed by atoms with Crippen LogP contribution in [0.4, 0.5) is 4.79 Å². The molecule has 1 saturated heterocycles. The fourth-order valence-electron chi connectivity index (χ4n) is 1.27. The van der Waals surface area contributed by atoms with Gasteiger partial charge in [0.2, 0.25) is 5.06 Å². The Kier molecular flexibility index (Phi) is 2.70. The lowest BCUT2D eigenvalue weighted by Crippen LogP contribution is -2.48. The third-order valence-corrected chi connectivity index (χ3v) is 3.00. The number of carbonyl (C=O) groups excluding carboxylic acids is 2. The number of ether oxygens (including phenoxy) is 1. The molecule has 0 aromatic heterocycles. The van der Waals surface area contributed by atoms with Crippen LogP contribution in [0.1, 0.15) is 13.8 Å². The summed E-state index contributed by atoms with van der Waals surface area (Å²) in [6.07, 6.45) is 0. The highest BCUT2D eigenvalue weighted by Crippen LogP contribution is 2.36. The van der Waals surface area contributed by atoms with Crippen LogP contribution in [-0.4, -0.2) is 34.3 Å². The molecule has 0 saturated carbocycles. The third-order valence-electron chi connectivity index (χ3n) is 1.77. The number of rotatable bonds is 1. The molecule has 1 fully saturated rings. The van der Waals surface area contributed by atoms with Crippen LogP contribution in [-0.2, 0) is 9.53 Å². The van der Waals surface area contributed by atoms with Crippen molar-refractivity contribution in [2.45, 2.75) is 18.9 Å². The quantitative estimate of drug-likeness (QED) is 0.625. The molecule has 1 aliphatic heterocycles. The zero-order chi connectivity index (χ0) is 10.1. The zero-order valence-corrected chi connectivity index (χ0v) is 8.39. The Balaban J connectivity index is 2.75. The van der Waals surface area contributed by atoms with Crippen LogP contribution in [0.2, 0.25) is 0 Å². The van der Waals surface area contributed by atoms with E-state index < -0.39 is 17.1 Å². The summed E-state index contributed by atoms with van der Waals surface area (Å²) in [5.74, 6) is 0.315. The van der Waals surface area contributed by atoms with E-state index in [2.05, 4.69) is 0 Å². The first-order valence-corrected chi connectivity index (χ1v) is 4.85. The minimum atomic E-state index is -0.919. The number of thioether (sulfide) groups is 1. The first-order valence-electron chi connectivity index (χ1n) is 3.86. The van der Waals surface area contributed by atoms with Crippen LogP contribution in [0.25, 0.3) is 0 Å². The number of hydrogen-bond donors (Lipinski definition) is 1. The summed E-state index contributed by atoms with van der Waals surface area (Å²) in [4.78, 5) is 23.0. The lowest BCUT2D eigenvalue weighted by Gasteiger charge is -2.31. The maximum absolute atomic E-state index is 10.9. The van der Waals surface area contributed by atoms with Crippen LogP contribution >= 0.6 is 11.8 Å². The zero-order valence-electron chi connectivity index (χ0n) is 7.57. The minimum absolute atomic E-state index is 0.414. The van der Waals surface area contributed by atoms with Crippen molar-refractivity contribution in [3.05, 3.63) is 0 Å². The van der Waals surface area contributed by atoms with Crippen LogP contribution in [0.15, 0.2) is 0 Å². The van der Waals surface area contributed by atoms with E-state index in [-0.39, 0.29) is 0 Å². The second-order valence-corrected chi connectivity index (χ2v) is 4.28. The van der Waals surface area contributed by atoms with Gasteiger partial charge < -0.3 is 10.5 Å². The van der Waals surface area contributed by atoms with Crippen LogP contribution < -0.4 is 5.73 Å². The maximum Gasteiger partial charge on any atom is 0.318 e. The van der Waals surface area contributed by atoms with Crippen molar-refractivity contribution in [3.63, 3.8) is 0 Å². The molecule has 0 aliphatic carbocycles. The number of carbonyl (C=O) groups is 2. The normalized spacial score (nSPS) is 27.4. The average molecular weight is 204 g/mol. The number of amides is 2. The fraction of sp³-hybridized carbons (Fsp3) is 0.714. The van der Waals surface area contributed by atoms with Gasteiger partial charge in [0.15, 0.2) is 0 Å². The van der Waals surface area contributed by atoms with E-state index in [0.29, 0.717) is 6.54 Å². The Labute approximate surface area is 80.6 Å². The van der Waals surface area contributed by atoms with Gasteiger partial charge in [0, 0.05) is 26.1 Å². The number of primary amides is 1. The third kappa shape index (κ3) is 2.06. The van der Waals surface area contributed by atoms with Gasteiger partial charge in [-0.3, -0.25) is 9.69 Å². The van der Waals surface area contributed by atoms with Gasteiger partial charge in [0.05, 0.1) is 0 Å². The maximum atomic E-state index is 10.9. The second kappa shape index (κ2) is 3.45. The molecule has 0 aromatic rings. The smallest absolute Gasteiger partial charge is 0.318 e. The molecule has 0 unspecified atom stereocenters. The fourth-order valence-corrected chi connectivity index (χ4v) is 2.43. The van der Waals surface area contributed by atoms with E-state index in [1.807, 2.05) is 0 Å². The Morgan fingerprint density at radius 1 is 1.62 bits per heavy atom. The molecule has 0 bridgehead atoms. The first-order chi connectivity index (χ1) is 5.96. The van der Waals surface area contributed by atoms with Crippen molar-refractivity contribution in [3.8, 4) is 0 Å². The van der Waals surface area contributed by atoms with Gasteiger partial charge in [-0.25, -0.2) is 4.79 Å². The molecule has 1 heterocycles. The molecule has 1 atom stereocenters. The number of nitrogens with zero attached hydrogens (tertiary/aromatic N) is 1. The molecule has 2 amide bonds. The molecular weight excluding hydrogens is 192 g/mol. The predicted molar refractivity (Wildman–Crippen MR) is 48.9 cm³/mol. The van der Waals surface area contributed by atoms with E-state index in [0.717, 1.165) is 5.75 Å². The number of esters is 1. The largest absolute Gasteiger partial charge is 0.429 e. The van der Waals surface area contributed by atoms with Gasteiger partial charge >= 0.3 is 12.0 Å². The molecule has 0 spiro atoms. The minimum Gasteiger partial charge on any atom is -0.429 e. The summed E-state index contributed by atoms with van der Waals surface area (Å²) in [7, 11) is 0. The standard InChI is InChI=1S/C7H12N2O3S/c1-5(10)12-7(2)9(6(8)11)3-4-13-7/h3-4H2,1-2H3,(H2,8,11)/t7-/m0/s1. The Hall–Kier alpha value is -0.910. The number of nitrogens with two attached hydrogens (primary N) is 1. The van der Waals surface area contributed by atoms with Gasteiger partial charge in [-0.1, -0.05) is 11.8 Å². The van der Waals surface area contributed by atoms with Gasteiger partial charge in [-0.15, -0.1) is 0 Å². The molecule has 0 aromatic carbocycles. The predicted octanol–water partition coefficient (Wildman–Crippen LogP) is 0.351. The van der Waals surface area contributed by atoms with Gasteiger partial charge in [0.25, 0.3) is 0 Å². The highest BCUT2D eigenvalue weighted by atomic mass is 32.2. The summed E-state index contributed by atoms with van der Waals surface area (Å²) in [5, 5.41) is -0.919. The van der Waals surface area contributed by atoms with Crippen LogP contribution in [0.3, 0.4) is 0 Å². The van der Waals surface area contributed by atoms with Crippen molar-refractivity contribution in [2.24, 2.45) is 5.73 Å². The van der Waals surface area contributed by atoms with Crippen LogP contribution in [0.5, 0.6) is 0 Å². The van der Waals surface area contributed by atoms with Crippen molar-refractivity contribution < 1.29 is 14.3 Å². The average Bonchev–Trinajstić information content (AvgIpc) is 2.28. The molecule has 1 rings (SSSR count). The van der Waals surface area contributed by atoms with Gasteiger partial charge in [0.1, 0.15) is 0 Å². The van der Waals surface area contributed by atoms with Crippen molar-refractivity contribution in [1.29, 1.82) is 0 Å². The first kappa shape index (κ1) is 10.2. The molecular formula is C7H12N2O3S. The van der Waals surface area contributed by atoms with Crippen LogP contribution in [0, 0.1) is 0 Å². The highest BCUT2D eigenvalue weighted by Gasteiger charge is 2.42. The highest BCUT2D eigenvalue weighted by molar-refractivity contribution is 8.00. The van der Waals surface area contributed by atoms with Gasteiger partial charge in [-0.2, -0.15) is 0 Å². The summed E-state index contributed by atoms with van der Waals surface area (Å²) < 4.78 is 5.02. The summed E-state index contributed by atoms with van der Waals surface area (Å²) in [6.45, 7) is 3.49. The van der Waals surface area contributed by atoms with Crippen molar-refractivity contribution in [1.82, 2.24) is 4.90 Å². The molecule has 74 valence electrons. The molecule has 1 aliphatic rings. The monoisotopic (exact) mass is 204 g/mol. The SMILES string of the molecule is CC(=O)O[C@@]1(C)SCCN1C(N)=O. The van der Waals surface area contributed by atoms with E-state index in [4.69, 9.17) is 10.5 Å². The van der Waals surface area contributed by atoms with E-state index >= 15 is 0 Å². The molecule has 13 heavy (non-hydrogen) atoms. The molecule has 0 radical (unpaired) electrons. The topological polar surface area (TPSA) is 72.6 Å². The summed E-state index contributed by atoms with van der Waals surface area (Å²) in [5.41, 5.74) is 5.13. The Bertz CT molecular complexity index is 246. The van der Waals surface area contributed by atoms with Crippen molar-refractivity contribution >= 4 is 23.8 Å².